The van der Waals surface area contributed by atoms with Crippen LogP contribution in [-0.4, -0.2) is 38.7 Å². The second-order valence-electron chi connectivity index (χ2n) is 7.28. The molecule has 1 atom stereocenters. The number of benzene rings is 1. The van der Waals surface area contributed by atoms with Crippen molar-refractivity contribution in [3.8, 4) is 0 Å². The molecule has 154 valence electrons. The van der Waals surface area contributed by atoms with Crippen LogP contribution in [0.1, 0.15) is 29.0 Å². The Morgan fingerprint density at radius 1 is 1.20 bits per heavy atom. The Morgan fingerprint density at radius 2 is 1.97 bits per heavy atom. The van der Waals surface area contributed by atoms with Crippen molar-refractivity contribution in [2.45, 2.75) is 39.3 Å². The van der Waals surface area contributed by atoms with Crippen molar-refractivity contribution in [3.63, 3.8) is 0 Å². The van der Waals surface area contributed by atoms with E-state index in [9.17, 15) is 14.4 Å². The van der Waals surface area contributed by atoms with Gasteiger partial charge in [-0.25, -0.2) is 9.69 Å². The van der Waals surface area contributed by atoms with E-state index in [1.165, 1.54) is 6.20 Å². The summed E-state index contributed by atoms with van der Waals surface area (Å²) in [5, 5.41) is 10.7. The van der Waals surface area contributed by atoms with Crippen molar-refractivity contribution in [2.75, 3.05) is 4.90 Å². The zero-order valence-corrected chi connectivity index (χ0v) is 16.7. The number of imide groups is 1. The molecule has 0 spiro atoms. The van der Waals surface area contributed by atoms with E-state index in [1.807, 2.05) is 44.2 Å². The molecule has 30 heavy (non-hydrogen) atoms. The normalized spacial score (nSPS) is 16.2. The van der Waals surface area contributed by atoms with Crippen LogP contribution in [0.5, 0.6) is 0 Å². The minimum absolute atomic E-state index is 0.0524. The zero-order valence-electron chi connectivity index (χ0n) is 16.7. The highest BCUT2D eigenvalue weighted by Crippen LogP contribution is 2.22. The van der Waals surface area contributed by atoms with Gasteiger partial charge in [-0.2, -0.15) is 5.10 Å². The molecular weight excluding hydrogens is 386 g/mol. The zero-order chi connectivity index (χ0) is 21.3. The third kappa shape index (κ3) is 3.86. The highest BCUT2D eigenvalue weighted by molar-refractivity contribution is 6.22. The number of carbonyl (C=O) groups excluding carboxylic acids is 3. The summed E-state index contributed by atoms with van der Waals surface area (Å²) in [5.74, 6) is 0.116. The Morgan fingerprint density at radius 3 is 2.67 bits per heavy atom. The molecule has 1 aromatic carbocycles. The quantitative estimate of drug-likeness (QED) is 0.601. The van der Waals surface area contributed by atoms with Crippen molar-refractivity contribution < 1.29 is 18.9 Å². The monoisotopic (exact) mass is 407 g/mol. The fourth-order valence-electron chi connectivity index (χ4n) is 3.48. The highest BCUT2D eigenvalue weighted by atomic mass is 16.5. The number of nitrogens with one attached hydrogen (secondary N) is 1. The van der Waals surface area contributed by atoms with E-state index in [0.29, 0.717) is 18.0 Å². The molecule has 4 rings (SSSR count). The summed E-state index contributed by atoms with van der Waals surface area (Å²) in [6.07, 6.45) is 3.22. The van der Waals surface area contributed by atoms with Gasteiger partial charge in [0, 0.05) is 24.6 Å². The molecule has 3 aromatic rings. The van der Waals surface area contributed by atoms with Gasteiger partial charge in [-0.05, 0) is 19.4 Å². The summed E-state index contributed by atoms with van der Waals surface area (Å²) in [6, 6.07) is 7.85. The molecule has 1 N–H and O–H groups in total. The van der Waals surface area contributed by atoms with E-state index in [-0.39, 0.29) is 18.6 Å². The van der Waals surface area contributed by atoms with E-state index >= 15 is 0 Å². The molecule has 1 fully saturated rings. The van der Waals surface area contributed by atoms with Crippen molar-refractivity contribution in [2.24, 2.45) is 0 Å². The maximum atomic E-state index is 12.8. The van der Waals surface area contributed by atoms with Gasteiger partial charge in [0.2, 0.25) is 0 Å². The second kappa shape index (κ2) is 7.94. The molecule has 9 nitrogen and oxygen atoms in total. The number of ketones is 1. The Balaban J connectivity index is 1.43. The molecule has 1 saturated heterocycles. The number of carbonyl (C=O) groups is 3. The number of Topliss-reactive ketones (excluding diaryl/α,β-unsaturated/α-hetero) is 1. The highest BCUT2D eigenvalue weighted by Gasteiger charge is 2.40. The Bertz CT molecular complexity index is 1080. The number of nitrogens with zero attached hydrogens (tertiary/aromatic N) is 4. The minimum atomic E-state index is -0.875. The number of aryl methyl sites for hydroxylation is 2. The van der Waals surface area contributed by atoms with Crippen LogP contribution in [0.3, 0.4) is 0 Å². The van der Waals surface area contributed by atoms with Crippen molar-refractivity contribution in [1.82, 2.24) is 20.3 Å². The average molecular weight is 407 g/mol. The SMILES string of the molecule is Cc1noc(C)c1Cn1cc(N2C(=O)NC(CC(=O)Cc3ccccc3)C2=O)cn1. The maximum absolute atomic E-state index is 12.8. The topological polar surface area (TPSA) is 110 Å². The number of amides is 3. The first-order valence-corrected chi connectivity index (χ1v) is 9.56. The van der Waals surface area contributed by atoms with E-state index < -0.39 is 18.0 Å². The van der Waals surface area contributed by atoms with Crippen LogP contribution in [0, 0.1) is 13.8 Å². The van der Waals surface area contributed by atoms with Gasteiger partial charge in [0.25, 0.3) is 5.91 Å². The minimum Gasteiger partial charge on any atom is -0.361 e. The summed E-state index contributed by atoms with van der Waals surface area (Å²) in [6.45, 7) is 4.06. The summed E-state index contributed by atoms with van der Waals surface area (Å²) in [5.41, 5.74) is 2.88. The smallest absolute Gasteiger partial charge is 0.329 e. The lowest BCUT2D eigenvalue weighted by Crippen LogP contribution is -2.32. The van der Waals surface area contributed by atoms with Gasteiger partial charge >= 0.3 is 6.03 Å². The number of urea groups is 1. The van der Waals surface area contributed by atoms with Crippen LogP contribution in [0.15, 0.2) is 47.2 Å². The number of hydrogen-bond donors (Lipinski definition) is 1. The van der Waals surface area contributed by atoms with Crippen molar-refractivity contribution >= 4 is 23.4 Å². The molecule has 1 unspecified atom stereocenters. The molecule has 9 heteroatoms. The molecule has 3 heterocycles. The van der Waals surface area contributed by atoms with Crippen molar-refractivity contribution in [3.05, 3.63) is 65.3 Å². The van der Waals surface area contributed by atoms with E-state index in [0.717, 1.165) is 21.7 Å². The summed E-state index contributed by atoms with van der Waals surface area (Å²) in [4.78, 5) is 38.5. The molecule has 3 amide bonds. The fraction of sp³-hybridized carbons (Fsp3) is 0.286. The van der Waals surface area contributed by atoms with Crippen LogP contribution >= 0.6 is 0 Å². The predicted molar refractivity (Wildman–Crippen MR) is 107 cm³/mol. The van der Waals surface area contributed by atoms with Gasteiger partial charge in [-0.1, -0.05) is 35.5 Å². The summed E-state index contributed by atoms with van der Waals surface area (Å²) in [7, 11) is 0. The van der Waals surface area contributed by atoms with Gasteiger partial charge in [-0.15, -0.1) is 0 Å². The van der Waals surface area contributed by atoms with Crippen LogP contribution in [0.25, 0.3) is 0 Å². The summed E-state index contributed by atoms with van der Waals surface area (Å²) >= 11 is 0. The Kier molecular flexibility index (Phi) is 5.18. The first kappa shape index (κ1) is 19.6. The number of rotatable bonds is 7. The van der Waals surface area contributed by atoms with Crippen molar-refractivity contribution in [1.29, 1.82) is 0 Å². The van der Waals surface area contributed by atoms with Gasteiger partial charge in [0.1, 0.15) is 17.6 Å². The van der Waals surface area contributed by atoms with Crippen LogP contribution in [0.4, 0.5) is 10.5 Å². The Labute approximate surface area is 172 Å². The molecule has 0 aliphatic carbocycles. The number of aromatic nitrogens is 3. The van der Waals surface area contributed by atoms with Gasteiger partial charge in [0.15, 0.2) is 0 Å². The molecule has 0 bridgehead atoms. The largest absolute Gasteiger partial charge is 0.361 e. The summed E-state index contributed by atoms with van der Waals surface area (Å²) < 4.78 is 6.76. The lowest BCUT2D eigenvalue weighted by molar-refractivity contribution is -0.124. The van der Waals surface area contributed by atoms with E-state index in [4.69, 9.17) is 4.52 Å². The molecule has 2 aromatic heterocycles. The molecule has 1 aliphatic heterocycles. The molecular formula is C21H21N5O4. The molecule has 0 saturated carbocycles. The van der Waals surface area contributed by atoms with E-state index in [2.05, 4.69) is 15.6 Å². The Hall–Kier alpha value is -3.75. The standard InChI is InChI=1S/C21H21N5O4/c1-13-18(14(2)30-24-13)12-25-11-16(10-22-25)26-20(28)19(23-21(26)29)9-17(27)8-15-6-4-3-5-7-15/h3-7,10-11,19H,8-9,12H2,1-2H3,(H,23,29). The lowest BCUT2D eigenvalue weighted by Gasteiger charge is -2.10. The van der Waals surface area contributed by atoms with Gasteiger partial charge < -0.3 is 9.84 Å². The average Bonchev–Trinajstić information content (AvgIpc) is 3.37. The molecule has 1 aliphatic rings. The maximum Gasteiger partial charge on any atom is 0.329 e. The van der Waals surface area contributed by atoms with Crippen LogP contribution in [-0.2, 0) is 22.6 Å². The number of anilines is 1. The fourth-order valence-corrected chi connectivity index (χ4v) is 3.48. The second-order valence-corrected chi connectivity index (χ2v) is 7.28. The first-order valence-electron chi connectivity index (χ1n) is 9.56. The molecule has 0 radical (unpaired) electrons. The first-order chi connectivity index (χ1) is 14.4. The van der Waals surface area contributed by atoms with Gasteiger partial charge in [0.05, 0.1) is 24.1 Å². The third-order valence-corrected chi connectivity index (χ3v) is 5.07. The third-order valence-electron chi connectivity index (χ3n) is 5.07. The van der Waals surface area contributed by atoms with E-state index in [1.54, 1.807) is 10.9 Å². The van der Waals surface area contributed by atoms with Crippen LogP contribution < -0.4 is 10.2 Å². The van der Waals surface area contributed by atoms with Crippen LogP contribution in [0.2, 0.25) is 0 Å². The lowest BCUT2D eigenvalue weighted by atomic mass is 10.0. The number of hydrogen-bond acceptors (Lipinski definition) is 6. The van der Waals surface area contributed by atoms with Gasteiger partial charge in [-0.3, -0.25) is 14.3 Å². The predicted octanol–water partition coefficient (Wildman–Crippen LogP) is 2.16.